The highest BCUT2D eigenvalue weighted by Gasteiger charge is 2.13. The zero-order chi connectivity index (χ0) is 14.0. The predicted octanol–water partition coefficient (Wildman–Crippen LogP) is 2.38. The number of rotatable bonds is 8. The summed E-state index contributed by atoms with van der Waals surface area (Å²) in [7, 11) is 0. The summed E-state index contributed by atoms with van der Waals surface area (Å²) in [6, 6.07) is 9.70. The Kier molecular flexibility index (Phi) is 8.87. The summed E-state index contributed by atoms with van der Waals surface area (Å²) in [5.41, 5.74) is 0. The fraction of sp³-hybridized carbons (Fsp3) is 0.562. The maximum absolute atomic E-state index is 11.6. The molecule has 0 spiro atoms. The lowest BCUT2D eigenvalue weighted by Crippen LogP contribution is -2.26. The van der Waals surface area contributed by atoms with Crippen LogP contribution in [0.1, 0.15) is 25.7 Å². The van der Waals surface area contributed by atoms with Crippen molar-refractivity contribution in [2.75, 3.05) is 26.2 Å². The molecule has 1 unspecified atom stereocenters. The third kappa shape index (κ3) is 7.34. The molecule has 21 heavy (non-hydrogen) atoms. The maximum atomic E-state index is 11.6. The second kappa shape index (κ2) is 10.5. The molecule has 1 fully saturated rings. The van der Waals surface area contributed by atoms with E-state index in [1.807, 2.05) is 30.3 Å². The quantitative estimate of drug-likeness (QED) is 0.725. The fourth-order valence-electron chi connectivity index (χ4n) is 2.40. The summed E-state index contributed by atoms with van der Waals surface area (Å²) in [4.78, 5) is 11.6. The lowest BCUT2D eigenvalue weighted by Gasteiger charge is -2.09. The van der Waals surface area contributed by atoms with Gasteiger partial charge in [-0.25, -0.2) is 0 Å². The van der Waals surface area contributed by atoms with E-state index in [0.717, 1.165) is 44.1 Å². The molecular weight excluding hydrogens is 288 g/mol. The second-order valence-corrected chi connectivity index (χ2v) is 5.26. The summed E-state index contributed by atoms with van der Waals surface area (Å²) in [5.74, 6) is 1.73. The summed E-state index contributed by atoms with van der Waals surface area (Å²) in [6.45, 7) is 3.60. The van der Waals surface area contributed by atoms with Gasteiger partial charge in [-0.1, -0.05) is 18.2 Å². The number of nitrogens with one attached hydrogen (secondary N) is 2. The van der Waals surface area contributed by atoms with Crippen LogP contribution in [0, 0.1) is 5.92 Å². The molecular formula is C16H25ClN2O2. The molecule has 5 heteroatoms. The number of carbonyl (C=O) groups excluding carboxylic acids is 1. The van der Waals surface area contributed by atoms with Crippen LogP contribution < -0.4 is 15.4 Å². The zero-order valence-corrected chi connectivity index (χ0v) is 13.2. The number of halogens is 1. The van der Waals surface area contributed by atoms with E-state index in [9.17, 15) is 4.79 Å². The minimum absolute atomic E-state index is 0. The molecule has 2 rings (SSSR count). The molecule has 0 radical (unpaired) electrons. The highest BCUT2D eigenvalue weighted by molar-refractivity contribution is 5.85. The van der Waals surface area contributed by atoms with Crippen LogP contribution in [0.2, 0.25) is 0 Å². The Balaban J connectivity index is 0.00000220. The molecule has 0 aromatic heterocycles. The van der Waals surface area contributed by atoms with Gasteiger partial charge < -0.3 is 15.4 Å². The molecule has 1 heterocycles. The smallest absolute Gasteiger partial charge is 0.220 e. The van der Waals surface area contributed by atoms with Crippen molar-refractivity contribution < 1.29 is 9.53 Å². The number of benzene rings is 1. The Hall–Kier alpha value is -1.26. The van der Waals surface area contributed by atoms with E-state index in [1.54, 1.807) is 0 Å². The first kappa shape index (κ1) is 17.8. The van der Waals surface area contributed by atoms with Crippen LogP contribution in [0.15, 0.2) is 30.3 Å². The van der Waals surface area contributed by atoms with Crippen LogP contribution in [0.4, 0.5) is 0 Å². The lowest BCUT2D eigenvalue weighted by atomic mass is 10.1. The Morgan fingerprint density at radius 3 is 2.86 bits per heavy atom. The van der Waals surface area contributed by atoms with Gasteiger partial charge in [-0.15, -0.1) is 12.4 Å². The second-order valence-electron chi connectivity index (χ2n) is 5.26. The van der Waals surface area contributed by atoms with Gasteiger partial charge in [0.15, 0.2) is 0 Å². The first-order valence-corrected chi connectivity index (χ1v) is 7.50. The number of amides is 1. The number of para-hydroxylation sites is 1. The minimum atomic E-state index is 0. The highest BCUT2D eigenvalue weighted by atomic mass is 35.5. The summed E-state index contributed by atoms with van der Waals surface area (Å²) in [5, 5.41) is 6.32. The highest BCUT2D eigenvalue weighted by Crippen LogP contribution is 2.11. The van der Waals surface area contributed by atoms with E-state index in [4.69, 9.17) is 4.74 Å². The number of ether oxygens (including phenoxy) is 1. The van der Waals surface area contributed by atoms with E-state index in [0.29, 0.717) is 13.0 Å². The fourth-order valence-corrected chi connectivity index (χ4v) is 2.40. The van der Waals surface area contributed by atoms with E-state index < -0.39 is 0 Å². The molecule has 1 aliphatic heterocycles. The van der Waals surface area contributed by atoms with Gasteiger partial charge in [-0.2, -0.15) is 0 Å². The van der Waals surface area contributed by atoms with Gasteiger partial charge in [0, 0.05) is 13.0 Å². The summed E-state index contributed by atoms with van der Waals surface area (Å²) in [6.07, 6.45) is 3.61. The van der Waals surface area contributed by atoms with Gasteiger partial charge in [-0.3, -0.25) is 4.79 Å². The molecule has 1 saturated heterocycles. The molecule has 4 nitrogen and oxygen atoms in total. The SMILES string of the molecule is Cl.O=C(CCCOc1ccccc1)NCCC1CCNC1. The summed E-state index contributed by atoms with van der Waals surface area (Å²) >= 11 is 0. The van der Waals surface area contributed by atoms with E-state index in [1.165, 1.54) is 6.42 Å². The van der Waals surface area contributed by atoms with Crippen molar-refractivity contribution in [3.63, 3.8) is 0 Å². The Labute approximate surface area is 133 Å². The van der Waals surface area contributed by atoms with E-state index in [-0.39, 0.29) is 18.3 Å². The van der Waals surface area contributed by atoms with Crippen LogP contribution in [0.25, 0.3) is 0 Å². The molecule has 1 aromatic carbocycles. The molecule has 1 aromatic rings. The van der Waals surface area contributed by atoms with Crippen LogP contribution in [-0.4, -0.2) is 32.1 Å². The van der Waals surface area contributed by atoms with Crippen molar-refractivity contribution in [3.05, 3.63) is 30.3 Å². The Morgan fingerprint density at radius 2 is 2.14 bits per heavy atom. The summed E-state index contributed by atoms with van der Waals surface area (Å²) < 4.78 is 5.55. The van der Waals surface area contributed by atoms with Crippen molar-refractivity contribution in [1.29, 1.82) is 0 Å². The average molecular weight is 313 g/mol. The molecule has 1 atom stereocenters. The monoisotopic (exact) mass is 312 g/mol. The molecule has 1 aliphatic rings. The molecule has 2 N–H and O–H groups in total. The molecule has 0 bridgehead atoms. The van der Waals surface area contributed by atoms with Crippen LogP contribution in [0.3, 0.4) is 0 Å². The van der Waals surface area contributed by atoms with Gasteiger partial charge >= 0.3 is 0 Å². The van der Waals surface area contributed by atoms with Crippen LogP contribution >= 0.6 is 12.4 Å². The van der Waals surface area contributed by atoms with Gasteiger partial charge in [-0.05, 0) is 50.4 Å². The minimum Gasteiger partial charge on any atom is -0.494 e. The normalized spacial score (nSPS) is 17.0. The average Bonchev–Trinajstić information content (AvgIpc) is 2.98. The van der Waals surface area contributed by atoms with Crippen molar-refractivity contribution in [2.45, 2.75) is 25.7 Å². The van der Waals surface area contributed by atoms with Crippen LogP contribution in [0.5, 0.6) is 5.75 Å². The largest absolute Gasteiger partial charge is 0.494 e. The van der Waals surface area contributed by atoms with Crippen molar-refractivity contribution in [1.82, 2.24) is 10.6 Å². The third-order valence-corrected chi connectivity index (χ3v) is 3.60. The molecule has 0 saturated carbocycles. The number of hydrogen-bond donors (Lipinski definition) is 2. The van der Waals surface area contributed by atoms with Gasteiger partial charge in [0.2, 0.25) is 5.91 Å². The zero-order valence-electron chi connectivity index (χ0n) is 12.3. The van der Waals surface area contributed by atoms with Gasteiger partial charge in [0.05, 0.1) is 6.61 Å². The predicted molar refractivity (Wildman–Crippen MR) is 87.0 cm³/mol. The van der Waals surface area contributed by atoms with Crippen molar-refractivity contribution in [2.24, 2.45) is 5.92 Å². The van der Waals surface area contributed by atoms with Crippen LogP contribution in [-0.2, 0) is 4.79 Å². The van der Waals surface area contributed by atoms with Crippen molar-refractivity contribution >= 4 is 18.3 Å². The first-order chi connectivity index (χ1) is 9.84. The Bertz CT molecular complexity index is 395. The van der Waals surface area contributed by atoms with Crippen molar-refractivity contribution in [3.8, 4) is 5.75 Å². The lowest BCUT2D eigenvalue weighted by molar-refractivity contribution is -0.121. The van der Waals surface area contributed by atoms with Gasteiger partial charge in [0.1, 0.15) is 5.75 Å². The third-order valence-electron chi connectivity index (χ3n) is 3.60. The van der Waals surface area contributed by atoms with Gasteiger partial charge in [0.25, 0.3) is 0 Å². The number of carbonyl (C=O) groups is 1. The number of hydrogen-bond acceptors (Lipinski definition) is 3. The Morgan fingerprint density at radius 1 is 1.33 bits per heavy atom. The van der Waals surface area contributed by atoms with E-state index in [2.05, 4.69) is 10.6 Å². The molecule has 118 valence electrons. The standard InChI is InChI=1S/C16H24N2O2.ClH/c19-16(18-11-9-14-8-10-17-13-14)7-4-12-20-15-5-2-1-3-6-15;/h1-3,5-6,14,17H,4,7-13H2,(H,18,19);1H. The topological polar surface area (TPSA) is 50.4 Å². The first-order valence-electron chi connectivity index (χ1n) is 7.50. The van der Waals surface area contributed by atoms with E-state index >= 15 is 0 Å². The molecule has 0 aliphatic carbocycles. The molecule has 1 amide bonds. The maximum Gasteiger partial charge on any atom is 0.220 e.